The van der Waals surface area contributed by atoms with Crippen molar-refractivity contribution in [3.63, 3.8) is 0 Å². The fourth-order valence-corrected chi connectivity index (χ4v) is 4.82. The molecule has 11 heteroatoms. The van der Waals surface area contributed by atoms with Gasteiger partial charge in [0.15, 0.2) is 5.69 Å². The van der Waals surface area contributed by atoms with Crippen molar-refractivity contribution in [2.24, 2.45) is 5.92 Å². The minimum Gasteiger partial charge on any atom is -0.364 e. The maximum Gasteiger partial charge on any atom is 0.434 e. The second-order valence-corrected chi connectivity index (χ2v) is 8.12. The summed E-state index contributed by atoms with van der Waals surface area (Å²) in [6.07, 6.45) is 1.99. The summed E-state index contributed by atoms with van der Waals surface area (Å²) in [5, 5.41) is 11.5. The fourth-order valence-electron chi connectivity index (χ4n) is 4.82. The first-order chi connectivity index (χ1) is 15.3. The number of anilines is 1. The fraction of sp³-hybridized carbons (Fsp3) is 0.381. The standard InChI is InChI=1S/C21H20F3N7O/c1-12-13-8-15(29-19-11-25-18(10-26-19)21(22,23)24)17(9-13)30(12)20(32)14-4-2-3-5-16(14)31-27-6-7-28-31/h2-7,10-13,15,17H,8-9H2,1H3,(H,26,29)/t12?,13?,15-,17?/m0/s1. The Morgan fingerprint density at radius 2 is 1.84 bits per heavy atom. The van der Waals surface area contributed by atoms with Crippen LogP contribution in [0.15, 0.2) is 49.1 Å². The third kappa shape index (κ3) is 3.47. The van der Waals surface area contributed by atoms with E-state index in [1.54, 1.807) is 30.6 Å². The van der Waals surface area contributed by atoms with Gasteiger partial charge in [0.2, 0.25) is 0 Å². The molecule has 166 valence electrons. The zero-order chi connectivity index (χ0) is 22.5. The lowest BCUT2D eigenvalue weighted by atomic mass is 9.97. The smallest absolute Gasteiger partial charge is 0.364 e. The lowest BCUT2D eigenvalue weighted by Crippen LogP contribution is -2.51. The van der Waals surface area contributed by atoms with Crippen molar-refractivity contribution in [2.45, 2.75) is 44.1 Å². The van der Waals surface area contributed by atoms with Crippen molar-refractivity contribution < 1.29 is 18.0 Å². The van der Waals surface area contributed by atoms with Crippen molar-refractivity contribution >= 4 is 11.7 Å². The number of hydrogen-bond donors (Lipinski definition) is 1. The maximum absolute atomic E-state index is 13.6. The van der Waals surface area contributed by atoms with Gasteiger partial charge in [0.25, 0.3) is 5.91 Å². The van der Waals surface area contributed by atoms with E-state index in [2.05, 4.69) is 25.5 Å². The van der Waals surface area contributed by atoms with Crippen LogP contribution in [0.4, 0.5) is 19.0 Å². The first-order valence-corrected chi connectivity index (χ1v) is 10.3. The molecule has 1 amide bonds. The van der Waals surface area contributed by atoms with E-state index < -0.39 is 11.9 Å². The largest absolute Gasteiger partial charge is 0.434 e. The molecule has 3 heterocycles. The highest BCUT2D eigenvalue weighted by Crippen LogP contribution is 2.44. The summed E-state index contributed by atoms with van der Waals surface area (Å²) >= 11 is 0. The number of benzene rings is 1. The molecule has 5 rings (SSSR count). The predicted octanol–water partition coefficient (Wildman–Crippen LogP) is 3.18. The quantitative estimate of drug-likeness (QED) is 0.666. The lowest BCUT2D eigenvalue weighted by Gasteiger charge is -2.38. The molecular weight excluding hydrogens is 423 g/mol. The molecular formula is C21H20F3N7O. The van der Waals surface area contributed by atoms with E-state index in [-0.39, 0.29) is 29.9 Å². The van der Waals surface area contributed by atoms with Gasteiger partial charge in [0.05, 0.1) is 42.1 Å². The number of carbonyl (C=O) groups is 1. The molecule has 2 aromatic heterocycles. The van der Waals surface area contributed by atoms with Crippen LogP contribution in [0.2, 0.25) is 0 Å². The van der Waals surface area contributed by atoms with Gasteiger partial charge in [-0.1, -0.05) is 12.1 Å². The van der Waals surface area contributed by atoms with E-state index in [9.17, 15) is 18.0 Å². The molecule has 3 aromatic rings. The van der Waals surface area contributed by atoms with E-state index in [4.69, 9.17) is 0 Å². The molecule has 0 spiro atoms. The van der Waals surface area contributed by atoms with Crippen molar-refractivity contribution in [2.75, 3.05) is 5.32 Å². The number of piperidine rings is 1. The summed E-state index contributed by atoms with van der Waals surface area (Å²) in [5.74, 6) is 0.429. The van der Waals surface area contributed by atoms with Gasteiger partial charge in [-0.15, -0.1) is 0 Å². The third-order valence-electron chi connectivity index (χ3n) is 6.32. The maximum atomic E-state index is 13.6. The number of halogens is 3. The van der Waals surface area contributed by atoms with Crippen LogP contribution >= 0.6 is 0 Å². The Hall–Kier alpha value is -3.50. The number of carbonyl (C=O) groups excluding carboxylic acids is 1. The zero-order valence-corrected chi connectivity index (χ0v) is 17.1. The molecule has 1 aliphatic carbocycles. The molecule has 2 fully saturated rings. The van der Waals surface area contributed by atoms with E-state index in [1.165, 1.54) is 4.80 Å². The number of nitrogens with zero attached hydrogens (tertiary/aromatic N) is 6. The topological polar surface area (TPSA) is 88.8 Å². The minimum absolute atomic E-state index is 0.0443. The van der Waals surface area contributed by atoms with E-state index in [0.29, 0.717) is 23.4 Å². The normalized spacial score (nSPS) is 24.7. The monoisotopic (exact) mass is 443 g/mol. The summed E-state index contributed by atoms with van der Waals surface area (Å²) in [5.41, 5.74) is 0.0528. The van der Waals surface area contributed by atoms with Gasteiger partial charge >= 0.3 is 6.18 Å². The van der Waals surface area contributed by atoms with Crippen molar-refractivity contribution in [3.8, 4) is 5.69 Å². The molecule has 32 heavy (non-hydrogen) atoms. The number of hydrogen-bond acceptors (Lipinski definition) is 6. The summed E-state index contributed by atoms with van der Waals surface area (Å²) < 4.78 is 38.2. The highest BCUT2D eigenvalue weighted by molar-refractivity contribution is 5.98. The molecule has 1 saturated carbocycles. The molecule has 2 aliphatic rings. The molecule has 1 N–H and O–H groups in total. The van der Waals surface area contributed by atoms with Gasteiger partial charge < -0.3 is 10.2 Å². The Kier molecular flexibility index (Phi) is 4.83. The molecule has 1 aliphatic heterocycles. The number of fused-ring (bicyclic) bond motifs is 2. The highest BCUT2D eigenvalue weighted by atomic mass is 19.4. The average molecular weight is 443 g/mol. The molecule has 2 bridgehead atoms. The molecule has 1 saturated heterocycles. The summed E-state index contributed by atoms with van der Waals surface area (Å²) in [6.45, 7) is 2.03. The Labute approximate surface area is 181 Å². The number of nitrogens with one attached hydrogen (secondary N) is 1. The zero-order valence-electron chi connectivity index (χ0n) is 17.1. The van der Waals surface area contributed by atoms with Crippen LogP contribution in [-0.4, -0.2) is 53.9 Å². The van der Waals surface area contributed by atoms with Crippen molar-refractivity contribution in [1.82, 2.24) is 29.9 Å². The minimum atomic E-state index is -4.53. The van der Waals surface area contributed by atoms with E-state index in [0.717, 1.165) is 19.0 Å². The van der Waals surface area contributed by atoms with Crippen molar-refractivity contribution in [1.29, 1.82) is 0 Å². The average Bonchev–Trinajstić information content (AvgIpc) is 3.50. The first-order valence-electron chi connectivity index (χ1n) is 10.3. The second kappa shape index (κ2) is 7.57. The van der Waals surface area contributed by atoms with Crippen LogP contribution in [0.25, 0.3) is 5.69 Å². The number of likely N-dealkylation sites (tertiary alicyclic amines) is 1. The Morgan fingerprint density at radius 3 is 2.50 bits per heavy atom. The van der Waals surface area contributed by atoms with Gasteiger partial charge in [0, 0.05) is 12.1 Å². The summed E-state index contributed by atoms with van der Waals surface area (Å²) in [6, 6.07) is 6.98. The van der Waals surface area contributed by atoms with Gasteiger partial charge in [0.1, 0.15) is 5.82 Å². The molecule has 8 nitrogen and oxygen atoms in total. The number of para-hydroxylation sites is 1. The summed E-state index contributed by atoms with van der Waals surface area (Å²) in [4.78, 5) is 24.2. The predicted molar refractivity (Wildman–Crippen MR) is 108 cm³/mol. The number of rotatable bonds is 4. The van der Waals surface area contributed by atoms with Crippen LogP contribution < -0.4 is 5.32 Å². The first kappa shape index (κ1) is 20.4. The van der Waals surface area contributed by atoms with E-state index >= 15 is 0 Å². The highest BCUT2D eigenvalue weighted by Gasteiger charge is 2.51. The summed E-state index contributed by atoms with van der Waals surface area (Å²) in [7, 11) is 0. The van der Waals surface area contributed by atoms with Gasteiger partial charge in [-0.2, -0.15) is 28.2 Å². The molecule has 3 unspecified atom stereocenters. The second-order valence-electron chi connectivity index (χ2n) is 8.12. The SMILES string of the molecule is CC1C2CC([C@@H](Nc3cnc(C(F)(F)F)cn3)C2)N1C(=O)c1ccccc1-n1nccn1. The van der Waals surface area contributed by atoms with Crippen LogP contribution in [0, 0.1) is 5.92 Å². The number of amides is 1. The van der Waals surface area contributed by atoms with E-state index in [1.807, 2.05) is 17.9 Å². The van der Waals surface area contributed by atoms with Crippen LogP contribution in [0.5, 0.6) is 0 Å². The van der Waals surface area contributed by atoms with Gasteiger partial charge in [-0.05, 0) is 37.8 Å². The Bertz CT molecular complexity index is 1120. The van der Waals surface area contributed by atoms with Crippen molar-refractivity contribution in [3.05, 3.63) is 60.3 Å². The van der Waals surface area contributed by atoms with Crippen LogP contribution in [0.3, 0.4) is 0 Å². The number of alkyl halides is 3. The number of aromatic nitrogens is 5. The molecule has 4 atom stereocenters. The third-order valence-corrected chi connectivity index (χ3v) is 6.32. The van der Waals surface area contributed by atoms with Gasteiger partial charge in [-0.25, -0.2) is 9.97 Å². The van der Waals surface area contributed by atoms with Crippen LogP contribution in [0.1, 0.15) is 35.8 Å². The lowest BCUT2D eigenvalue weighted by molar-refractivity contribution is -0.141. The van der Waals surface area contributed by atoms with Gasteiger partial charge in [-0.3, -0.25) is 4.79 Å². The molecule has 0 radical (unpaired) electrons. The molecule has 1 aromatic carbocycles. The van der Waals surface area contributed by atoms with Crippen LogP contribution in [-0.2, 0) is 6.18 Å². The Balaban J connectivity index is 1.38. The Morgan fingerprint density at radius 1 is 1.09 bits per heavy atom.